The van der Waals surface area contributed by atoms with Crippen molar-refractivity contribution >= 4 is 17.3 Å². The third kappa shape index (κ3) is 4.09. The second kappa shape index (κ2) is 6.36. The number of ether oxygens (including phenoxy) is 1. The van der Waals surface area contributed by atoms with Crippen molar-refractivity contribution in [1.82, 2.24) is 5.32 Å². The molecule has 19 heavy (non-hydrogen) atoms. The largest absolute Gasteiger partial charge is 0.492 e. The zero-order valence-corrected chi connectivity index (χ0v) is 11.4. The fourth-order valence-corrected chi connectivity index (χ4v) is 1.55. The lowest BCUT2D eigenvalue weighted by Crippen LogP contribution is -2.39. The van der Waals surface area contributed by atoms with Crippen molar-refractivity contribution in [2.75, 3.05) is 13.7 Å². The number of nitro groups is 1. The zero-order chi connectivity index (χ0) is 14.5. The van der Waals surface area contributed by atoms with Crippen molar-refractivity contribution in [3.63, 3.8) is 0 Å². The van der Waals surface area contributed by atoms with Crippen LogP contribution >= 0.6 is 11.6 Å². The minimum absolute atomic E-state index is 0.0885. The van der Waals surface area contributed by atoms with Crippen LogP contribution in [0.3, 0.4) is 0 Å². The first kappa shape index (κ1) is 15.2. The summed E-state index contributed by atoms with van der Waals surface area (Å²) >= 11 is 5.88. The Hall–Kier alpha value is -1.84. The van der Waals surface area contributed by atoms with E-state index in [-0.39, 0.29) is 17.3 Å². The maximum atomic E-state index is 10.5. The molecule has 7 heteroatoms. The summed E-state index contributed by atoms with van der Waals surface area (Å²) in [7, 11) is 1.70. The lowest BCUT2D eigenvalue weighted by Gasteiger charge is -2.20. The van der Waals surface area contributed by atoms with Crippen molar-refractivity contribution in [2.45, 2.75) is 18.9 Å². The van der Waals surface area contributed by atoms with Crippen LogP contribution in [0.5, 0.6) is 5.75 Å². The lowest BCUT2D eigenvalue weighted by atomic mass is 10.0. The summed E-state index contributed by atoms with van der Waals surface area (Å²) in [4.78, 5) is 10.0. The van der Waals surface area contributed by atoms with Crippen LogP contribution in [0.1, 0.15) is 13.3 Å². The summed E-state index contributed by atoms with van der Waals surface area (Å²) < 4.78 is 5.43. The van der Waals surface area contributed by atoms with Crippen molar-refractivity contribution in [3.05, 3.63) is 33.3 Å². The molecule has 1 rings (SSSR count). The first-order chi connectivity index (χ1) is 8.91. The molecule has 0 spiro atoms. The van der Waals surface area contributed by atoms with Crippen LogP contribution in [0.25, 0.3) is 0 Å². The molecule has 0 saturated carbocycles. The van der Waals surface area contributed by atoms with E-state index >= 15 is 0 Å². The predicted octanol–water partition coefficient (Wildman–Crippen LogP) is 2.52. The van der Waals surface area contributed by atoms with Crippen LogP contribution < -0.4 is 10.1 Å². The quantitative estimate of drug-likeness (QED) is 0.640. The van der Waals surface area contributed by atoms with E-state index in [4.69, 9.17) is 21.6 Å². The van der Waals surface area contributed by atoms with Crippen LogP contribution in [-0.2, 0) is 0 Å². The molecular formula is C12H14ClN3O3. The normalized spacial score (nSPS) is 13.4. The smallest absolute Gasteiger partial charge is 0.271 e. The molecule has 0 radical (unpaired) electrons. The number of nitrogens with one attached hydrogen (secondary N) is 1. The molecule has 1 atom stereocenters. The molecule has 0 aromatic heterocycles. The van der Waals surface area contributed by atoms with Gasteiger partial charge in [-0.3, -0.25) is 10.1 Å². The molecule has 0 saturated heterocycles. The van der Waals surface area contributed by atoms with Crippen LogP contribution in [0.4, 0.5) is 5.69 Å². The Balaban J connectivity index is 2.65. The van der Waals surface area contributed by atoms with E-state index in [1.807, 2.05) is 0 Å². The van der Waals surface area contributed by atoms with Gasteiger partial charge >= 0.3 is 0 Å². The Labute approximate surface area is 116 Å². The minimum atomic E-state index is -0.673. The number of benzene rings is 1. The lowest BCUT2D eigenvalue weighted by molar-refractivity contribution is -0.384. The highest BCUT2D eigenvalue weighted by Gasteiger charge is 2.21. The van der Waals surface area contributed by atoms with Crippen LogP contribution in [0.2, 0.25) is 5.02 Å². The number of nitriles is 1. The monoisotopic (exact) mass is 283 g/mol. The van der Waals surface area contributed by atoms with E-state index in [1.165, 1.54) is 18.2 Å². The van der Waals surface area contributed by atoms with Gasteiger partial charge in [0.2, 0.25) is 0 Å². The van der Waals surface area contributed by atoms with Crippen LogP contribution in [-0.4, -0.2) is 24.1 Å². The molecule has 1 unspecified atom stereocenters. The van der Waals surface area contributed by atoms with Crippen molar-refractivity contribution in [3.8, 4) is 11.8 Å². The summed E-state index contributed by atoms with van der Waals surface area (Å²) in [6.45, 7) is 2.04. The third-order valence-corrected chi connectivity index (χ3v) is 3.08. The molecule has 0 fully saturated rings. The second-order valence-corrected chi connectivity index (χ2v) is 4.57. The van der Waals surface area contributed by atoms with Gasteiger partial charge in [-0.25, -0.2) is 0 Å². The molecule has 0 amide bonds. The van der Waals surface area contributed by atoms with Gasteiger partial charge in [-0.2, -0.15) is 5.26 Å². The van der Waals surface area contributed by atoms with Gasteiger partial charge in [0.1, 0.15) is 11.3 Å². The first-order valence-electron chi connectivity index (χ1n) is 5.59. The van der Waals surface area contributed by atoms with Gasteiger partial charge in [-0.15, -0.1) is 0 Å². The molecule has 102 valence electrons. The molecule has 6 nitrogen and oxygen atoms in total. The predicted molar refractivity (Wildman–Crippen MR) is 71.3 cm³/mol. The number of non-ortho nitro benzene ring substituents is 1. The molecule has 0 aliphatic heterocycles. The summed E-state index contributed by atoms with van der Waals surface area (Å²) in [5, 5.41) is 22.6. The standard InChI is InChI=1S/C12H14ClN3O3/c1-12(8-14,15-2)5-6-19-11-4-3-9(16(17)18)7-10(11)13/h3-4,7,15H,5-6H2,1-2H3. The van der Waals surface area contributed by atoms with E-state index in [9.17, 15) is 10.1 Å². The maximum Gasteiger partial charge on any atom is 0.271 e. The van der Waals surface area contributed by atoms with E-state index in [0.717, 1.165) is 0 Å². The SMILES string of the molecule is CNC(C)(C#N)CCOc1ccc([N+](=O)[O-])cc1Cl. The van der Waals surface area contributed by atoms with Crippen molar-refractivity contribution < 1.29 is 9.66 Å². The molecule has 0 aliphatic rings. The van der Waals surface area contributed by atoms with Crippen LogP contribution in [0.15, 0.2) is 18.2 Å². The molecule has 1 N–H and O–H groups in total. The highest BCUT2D eigenvalue weighted by Crippen LogP contribution is 2.28. The Bertz CT molecular complexity index is 515. The zero-order valence-electron chi connectivity index (χ0n) is 10.6. The number of hydrogen-bond donors (Lipinski definition) is 1. The molecule has 0 aliphatic carbocycles. The van der Waals surface area contributed by atoms with Gasteiger partial charge in [0.05, 0.1) is 22.6 Å². The molecule has 1 aromatic carbocycles. The highest BCUT2D eigenvalue weighted by molar-refractivity contribution is 6.32. The number of nitrogens with zero attached hydrogens (tertiary/aromatic N) is 2. The topological polar surface area (TPSA) is 88.2 Å². The Kier molecular flexibility index (Phi) is 5.10. The second-order valence-electron chi connectivity index (χ2n) is 4.16. The van der Waals surface area contributed by atoms with Gasteiger partial charge in [-0.1, -0.05) is 11.6 Å². The van der Waals surface area contributed by atoms with Gasteiger partial charge in [-0.05, 0) is 20.0 Å². The van der Waals surface area contributed by atoms with Gasteiger partial charge < -0.3 is 10.1 Å². The summed E-state index contributed by atoms with van der Waals surface area (Å²) in [6.07, 6.45) is 0.466. The fraction of sp³-hybridized carbons (Fsp3) is 0.417. The van der Waals surface area contributed by atoms with E-state index < -0.39 is 10.5 Å². The van der Waals surface area contributed by atoms with Gasteiger partial charge in [0, 0.05) is 18.6 Å². The van der Waals surface area contributed by atoms with Gasteiger partial charge in [0.15, 0.2) is 0 Å². The average Bonchev–Trinajstić information content (AvgIpc) is 2.40. The first-order valence-corrected chi connectivity index (χ1v) is 5.96. The van der Waals surface area contributed by atoms with Crippen LogP contribution in [0, 0.1) is 21.4 Å². The summed E-state index contributed by atoms with van der Waals surface area (Å²) in [5.74, 6) is 0.364. The number of hydrogen-bond acceptors (Lipinski definition) is 5. The maximum absolute atomic E-state index is 10.5. The van der Waals surface area contributed by atoms with Crippen molar-refractivity contribution in [2.24, 2.45) is 0 Å². The third-order valence-electron chi connectivity index (χ3n) is 2.78. The number of nitro benzene ring substituents is 1. The molecule has 0 bridgehead atoms. The fourth-order valence-electron chi connectivity index (χ4n) is 1.32. The molecule has 1 aromatic rings. The minimum Gasteiger partial charge on any atom is -0.492 e. The molecule has 0 heterocycles. The van der Waals surface area contributed by atoms with E-state index in [2.05, 4.69) is 11.4 Å². The van der Waals surface area contributed by atoms with Crippen molar-refractivity contribution in [1.29, 1.82) is 5.26 Å². The van der Waals surface area contributed by atoms with E-state index in [0.29, 0.717) is 12.2 Å². The van der Waals surface area contributed by atoms with E-state index in [1.54, 1.807) is 14.0 Å². The highest BCUT2D eigenvalue weighted by atomic mass is 35.5. The Morgan fingerprint density at radius 3 is 2.79 bits per heavy atom. The Morgan fingerprint density at radius 2 is 2.32 bits per heavy atom. The Morgan fingerprint density at radius 1 is 1.63 bits per heavy atom. The number of rotatable bonds is 6. The van der Waals surface area contributed by atoms with Gasteiger partial charge in [0.25, 0.3) is 5.69 Å². The summed E-state index contributed by atoms with van der Waals surface area (Å²) in [6, 6.07) is 6.14. The molecular weight excluding hydrogens is 270 g/mol. The number of halogens is 1. The summed E-state index contributed by atoms with van der Waals surface area (Å²) in [5.41, 5.74) is -0.762. The average molecular weight is 284 g/mol.